The summed E-state index contributed by atoms with van der Waals surface area (Å²) in [5.74, 6) is 1.20. The largest absolute Gasteiger partial charge is 0.299 e. The molecule has 0 aromatic heterocycles. The Hall–Kier alpha value is -0.330. The van der Waals surface area contributed by atoms with Gasteiger partial charge in [0.05, 0.1) is 0 Å². The standard InChI is InChI=1S/C14H28O/c1-5-9-11-13(8-4)14(15)12(7-3)10-6-2/h12-13H,5-11H2,1-4H3. The number of carbonyl (C=O) groups is 1. The van der Waals surface area contributed by atoms with Gasteiger partial charge >= 0.3 is 0 Å². The van der Waals surface area contributed by atoms with Crippen LogP contribution in [0.2, 0.25) is 0 Å². The fourth-order valence-electron chi connectivity index (χ4n) is 2.23. The Labute approximate surface area is 95.6 Å². The molecule has 0 N–H and O–H groups in total. The van der Waals surface area contributed by atoms with Gasteiger partial charge in [-0.3, -0.25) is 4.79 Å². The van der Waals surface area contributed by atoms with Gasteiger partial charge < -0.3 is 0 Å². The molecule has 0 bridgehead atoms. The second-order valence-corrected chi connectivity index (χ2v) is 4.54. The van der Waals surface area contributed by atoms with E-state index in [1.54, 1.807) is 0 Å². The molecule has 1 heteroatoms. The molecule has 0 aromatic carbocycles. The number of rotatable bonds is 9. The van der Waals surface area contributed by atoms with E-state index in [0.29, 0.717) is 17.6 Å². The molecule has 0 aliphatic heterocycles. The molecule has 2 unspecified atom stereocenters. The van der Waals surface area contributed by atoms with Crippen molar-refractivity contribution in [3.63, 3.8) is 0 Å². The lowest BCUT2D eigenvalue weighted by Crippen LogP contribution is -2.23. The SMILES string of the molecule is CCCCC(CC)C(=O)C(CC)CCC. The molecule has 0 aliphatic rings. The van der Waals surface area contributed by atoms with Crippen molar-refractivity contribution in [3.8, 4) is 0 Å². The zero-order valence-electron chi connectivity index (χ0n) is 11.0. The number of carbonyl (C=O) groups excluding carboxylic acids is 1. The molecular formula is C14H28O. The first-order valence-corrected chi connectivity index (χ1v) is 6.74. The highest BCUT2D eigenvalue weighted by Crippen LogP contribution is 2.22. The van der Waals surface area contributed by atoms with E-state index < -0.39 is 0 Å². The Balaban J connectivity index is 4.20. The second-order valence-electron chi connectivity index (χ2n) is 4.54. The predicted molar refractivity (Wildman–Crippen MR) is 67.0 cm³/mol. The van der Waals surface area contributed by atoms with Gasteiger partial charge in [-0.1, -0.05) is 47.0 Å². The van der Waals surface area contributed by atoms with Crippen molar-refractivity contribution in [1.82, 2.24) is 0 Å². The minimum atomic E-state index is 0.330. The van der Waals surface area contributed by atoms with E-state index in [1.807, 2.05) is 0 Å². The van der Waals surface area contributed by atoms with E-state index in [4.69, 9.17) is 0 Å². The number of unbranched alkanes of at least 4 members (excludes halogenated alkanes) is 1. The number of Topliss-reactive ketones (excluding diaryl/α,β-unsaturated/α-hetero) is 1. The summed E-state index contributed by atoms with van der Waals surface area (Å²) >= 11 is 0. The van der Waals surface area contributed by atoms with Crippen LogP contribution in [0.4, 0.5) is 0 Å². The highest BCUT2D eigenvalue weighted by atomic mass is 16.1. The zero-order chi connectivity index (χ0) is 11.7. The first-order valence-electron chi connectivity index (χ1n) is 6.74. The monoisotopic (exact) mass is 212 g/mol. The van der Waals surface area contributed by atoms with Crippen LogP contribution in [0, 0.1) is 11.8 Å². The number of ketones is 1. The molecule has 0 aromatic rings. The quantitative estimate of drug-likeness (QED) is 0.546. The Morgan fingerprint density at radius 1 is 0.867 bits per heavy atom. The normalized spacial score (nSPS) is 14.9. The molecule has 0 radical (unpaired) electrons. The fourth-order valence-corrected chi connectivity index (χ4v) is 2.23. The maximum atomic E-state index is 12.2. The van der Waals surface area contributed by atoms with Gasteiger partial charge in [-0.05, 0) is 25.7 Å². The smallest absolute Gasteiger partial charge is 0.139 e. The van der Waals surface area contributed by atoms with Crippen LogP contribution >= 0.6 is 0 Å². The van der Waals surface area contributed by atoms with Crippen LogP contribution in [0.5, 0.6) is 0 Å². The Morgan fingerprint density at radius 2 is 1.40 bits per heavy atom. The van der Waals surface area contributed by atoms with E-state index in [-0.39, 0.29) is 0 Å². The maximum Gasteiger partial charge on any atom is 0.139 e. The molecular weight excluding hydrogens is 184 g/mol. The van der Waals surface area contributed by atoms with Gasteiger partial charge in [0.2, 0.25) is 0 Å². The molecule has 0 spiro atoms. The van der Waals surface area contributed by atoms with Crippen molar-refractivity contribution in [1.29, 1.82) is 0 Å². The summed E-state index contributed by atoms with van der Waals surface area (Å²) in [4.78, 5) is 12.2. The van der Waals surface area contributed by atoms with Crippen LogP contribution < -0.4 is 0 Å². The van der Waals surface area contributed by atoms with E-state index >= 15 is 0 Å². The van der Waals surface area contributed by atoms with Gasteiger partial charge in [-0.2, -0.15) is 0 Å². The third-order valence-corrected chi connectivity index (χ3v) is 3.33. The van der Waals surface area contributed by atoms with Crippen molar-refractivity contribution < 1.29 is 4.79 Å². The molecule has 0 saturated heterocycles. The molecule has 0 saturated carbocycles. The minimum Gasteiger partial charge on any atom is -0.299 e. The molecule has 1 nitrogen and oxygen atoms in total. The van der Waals surface area contributed by atoms with Crippen molar-refractivity contribution in [2.24, 2.45) is 11.8 Å². The number of hydrogen-bond acceptors (Lipinski definition) is 1. The molecule has 0 aliphatic carbocycles. The van der Waals surface area contributed by atoms with E-state index in [1.165, 1.54) is 12.8 Å². The van der Waals surface area contributed by atoms with Crippen LogP contribution in [0.25, 0.3) is 0 Å². The van der Waals surface area contributed by atoms with Gasteiger partial charge in [0.15, 0.2) is 0 Å². The Bertz CT molecular complexity index is 163. The van der Waals surface area contributed by atoms with Crippen molar-refractivity contribution in [2.45, 2.75) is 72.6 Å². The molecule has 0 heterocycles. The summed E-state index contributed by atoms with van der Waals surface area (Å²) in [6, 6.07) is 0. The lowest BCUT2D eigenvalue weighted by Gasteiger charge is -2.20. The third-order valence-electron chi connectivity index (χ3n) is 3.33. The molecule has 90 valence electrons. The summed E-state index contributed by atoms with van der Waals surface area (Å²) in [6.45, 7) is 8.66. The summed E-state index contributed by atoms with van der Waals surface area (Å²) < 4.78 is 0. The van der Waals surface area contributed by atoms with Crippen LogP contribution in [0.15, 0.2) is 0 Å². The minimum absolute atomic E-state index is 0.330. The van der Waals surface area contributed by atoms with E-state index in [9.17, 15) is 4.79 Å². The number of hydrogen-bond donors (Lipinski definition) is 0. The van der Waals surface area contributed by atoms with Crippen LogP contribution in [-0.2, 0) is 4.79 Å². The lowest BCUT2D eigenvalue weighted by molar-refractivity contribution is -0.127. The zero-order valence-corrected chi connectivity index (χ0v) is 11.0. The average Bonchev–Trinajstić information content (AvgIpc) is 2.26. The van der Waals surface area contributed by atoms with Gasteiger partial charge in [0.25, 0.3) is 0 Å². The fraction of sp³-hybridized carbons (Fsp3) is 0.929. The lowest BCUT2D eigenvalue weighted by atomic mass is 9.84. The maximum absolute atomic E-state index is 12.2. The molecule has 0 fully saturated rings. The van der Waals surface area contributed by atoms with Gasteiger partial charge in [-0.15, -0.1) is 0 Å². The second kappa shape index (κ2) is 8.94. The van der Waals surface area contributed by atoms with E-state index in [0.717, 1.165) is 32.1 Å². The van der Waals surface area contributed by atoms with Crippen molar-refractivity contribution >= 4 is 5.78 Å². The topological polar surface area (TPSA) is 17.1 Å². The van der Waals surface area contributed by atoms with Gasteiger partial charge in [-0.25, -0.2) is 0 Å². The van der Waals surface area contributed by atoms with Gasteiger partial charge in [0.1, 0.15) is 5.78 Å². The Morgan fingerprint density at radius 3 is 1.80 bits per heavy atom. The van der Waals surface area contributed by atoms with Crippen molar-refractivity contribution in [2.75, 3.05) is 0 Å². The molecule has 15 heavy (non-hydrogen) atoms. The highest BCUT2D eigenvalue weighted by molar-refractivity contribution is 5.83. The Kier molecular flexibility index (Phi) is 8.74. The summed E-state index contributed by atoms with van der Waals surface area (Å²) in [5.41, 5.74) is 0. The average molecular weight is 212 g/mol. The molecule has 0 amide bonds. The third kappa shape index (κ3) is 5.34. The van der Waals surface area contributed by atoms with Crippen molar-refractivity contribution in [3.05, 3.63) is 0 Å². The van der Waals surface area contributed by atoms with E-state index in [2.05, 4.69) is 27.7 Å². The first kappa shape index (κ1) is 14.7. The highest BCUT2D eigenvalue weighted by Gasteiger charge is 2.22. The van der Waals surface area contributed by atoms with Crippen LogP contribution in [0.1, 0.15) is 72.6 Å². The molecule has 2 atom stereocenters. The van der Waals surface area contributed by atoms with Crippen LogP contribution in [-0.4, -0.2) is 5.78 Å². The predicted octanol–water partition coefficient (Wildman–Crippen LogP) is 4.60. The first-order chi connectivity index (χ1) is 7.21. The van der Waals surface area contributed by atoms with Crippen LogP contribution in [0.3, 0.4) is 0 Å². The van der Waals surface area contributed by atoms with Gasteiger partial charge in [0, 0.05) is 11.8 Å². The summed E-state index contributed by atoms with van der Waals surface area (Å²) in [7, 11) is 0. The summed E-state index contributed by atoms with van der Waals surface area (Å²) in [5, 5.41) is 0. The summed E-state index contributed by atoms with van der Waals surface area (Å²) in [6.07, 6.45) is 7.77. The molecule has 0 rings (SSSR count).